The Balaban J connectivity index is 1.93. The zero-order chi connectivity index (χ0) is 14.0. The fourth-order valence-electron chi connectivity index (χ4n) is 1.81. The molecule has 1 saturated heterocycles. The molecule has 2 heterocycles. The standard InChI is InChI=1S/C10H10F3N3O2S/c11-10(12,13)5-16-4-6(3-7(16)17)8(18)15-9-14-1-2-19-9/h1-2,6H,3-5H2,(H,14,15,18). The Morgan fingerprint density at radius 1 is 1.58 bits per heavy atom. The van der Waals surface area contributed by atoms with E-state index >= 15 is 0 Å². The second-order valence-corrected chi connectivity index (χ2v) is 5.01. The minimum Gasteiger partial charge on any atom is -0.333 e. The molecule has 19 heavy (non-hydrogen) atoms. The number of likely N-dealkylation sites (tertiary alicyclic amines) is 1. The van der Waals surface area contributed by atoms with Crippen molar-refractivity contribution < 1.29 is 22.8 Å². The number of nitrogens with one attached hydrogen (secondary N) is 1. The molecule has 1 atom stereocenters. The van der Waals surface area contributed by atoms with Gasteiger partial charge in [-0.15, -0.1) is 11.3 Å². The first-order chi connectivity index (χ1) is 8.85. The molecule has 1 N–H and O–H groups in total. The lowest BCUT2D eigenvalue weighted by Crippen LogP contribution is -2.36. The second-order valence-electron chi connectivity index (χ2n) is 4.12. The Bertz CT molecular complexity index is 475. The van der Waals surface area contributed by atoms with Gasteiger partial charge in [0.1, 0.15) is 6.54 Å². The molecule has 0 saturated carbocycles. The molecule has 1 aliphatic rings. The fourth-order valence-corrected chi connectivity index (χ4v) is 2.34. The maximum atomic E-state index is 12.2. The van der Waals surface area contributed by atoms with E-state index in [1.165, 1.54) is 17.5 Å². The van der Waals surface area contributed by atoms with Gasteiger partial charge >= 0.3 is 6.18 Å². The highest BCUT2D eigenvalue weighted by Gasteiger charge is 2.40. The predicted octanol–water partition coefficient (Wildman–Crippen LogP) is 1.49. The van der Waals surface area contributed by atoms with Gasteiger partial charge in [-0.05, 0) is 0 Å². The van der Waals surface area contributed by atoms with Crippen molar-refractivity contribution in [3.8, 4) is 0 Å². The van der Waals surface area contributed by atoms with Gasteiger partial charge in [0, 0.05) is 24.5 Å². The lowest BCUT2D eigenvalue weighted by molar-refractivity contribution is -0.157. The number of aromatic nitrogens is 1. The molecule has 1 aromatic rings. The van der Waals surface area contributed by atoms with Gasteiger partial charge in [-0.2, -0.15) is 13.2 Å². The molecule has 1 fully saturated rings. The average Bonchev–Trinajstić information content (AvgIpc) is 2.88. The lowest BCUT2D eigenvalue weighted by Gasteiger charge is -2.18. The van der Waals surface area contributed by atoms with Gasteiger partial charge in [-0.25, -0.2) is 4.98 Å². The van der Waals surface area contributed by atoms with E-state index in [4.69, 9.17) is 0 Å². The van der Waals surface area contributed by atoms with Crippen molar-refractivity contribution in [1.29, 1.82) is 0 Å². The lowest BCUT2D eigenvalue weighted by atomic mass is 10.1. The summed E-state index contributed by atoms with van der Waals surface area (Å²) in [4.78, 5) is 27.7. The van der Waals surface area contributed by atoms with Crippen molar-refractivity contribution in [3.63, 3.8) is 0 Å². The van der Waals surface area contributed by atoms with Crippen LogP contribution in [-0.4, -0.2) is 41.0 Å². The SMILES string of the molecule is O=C(Nc1nccs1)C1CC(=O)N(CC(F)(F)F)C1. The third-order valence-corrected chi connectivity index (χ3v) is 3.31. The highest BCUT2D eigenvalue weighted by molar-refractivity contribution is 7.13. The van der Waals surface area contributed by atoms with Gasteiger partial charge in [0.05, 0.1) is 5.92 Å². The summed E-state index contributed by atoms with van der Waals surface area (Å²) in [5, 5.41) is 4.50. The van der Waals surface area contributed by atoms with E-state index < -0.39 is 30.5 Å². The minimum atomic E-state index is -4.45. The smallest absolute Gasteiger partial charge is 0.333 e. The molecule has 1 aliphatic heterocycles. The number of carbonyl (C=O) groups is 2. The average molecular weight is 293 g/mol. The fraction of sp³-hybridized carbons (Fsp3) is 0.500. The van der Waals surface area contributed by atoms with Crippen LogP contribution in [0.25, 0.3) is 0 Å². The van der Waals surface area contributed by atoms with E-state index in [9.17, 15) is 22.8 Å². The number of carbonyl (C=O) groups excluding carboxylic acids is 2. The van der Waals surface area contributed by atoms with Crippen molar-refractivity contribution >= 4 is 28.3 Å². The summed E-state index contributed by atoms with van der Waals surface area (Å²) in [5.74, 6) is -1.90. The summed E-state index contributed by atoms with van der Waals surface area (Å²) in [5.41, 5.74) is 0. The molecular weight excluding hydrogens is 283 g/mol. The Morgan fingerprint density at radius 3 is 2.89 bits per heavy atom. The van der Waals surface area contributed by atoms with E-state index in [0.29, 0.717) is 10.0 Å². The van der Waals surface area contributed by atoms with E-state index in [2.05, 4.69) is 10.3 Å². The van der Waals surface area contributed by atoms with Gasteiger partial charge in [0.25, 0.3) is 0 Å². The summed E-state index contributed by atoms with van der Waals surface area (Å²) < 4.78 is 36.6. The van der Waals surface area contributed by atoms with E-state index in [1.807, 2.05) is 0 Å². The van der Waals surface area contributed by atoms with Crippen LogP contribution in [0.3, 0.4) is 0 Å². The molecule has 104 valence electrons. The number of rotatable bonds is 3. The molecule has 0 bridgehead atoms. The molecule has 0 aromatic carbocycles. The first-order valence-electron chi connectivity index (χ1n) is 5.40. The number of alkyl halides is 3. The maximum absolute atomic E-state index is 12.2. The zero-order valence-electron chi connectivity index (χ0n) is 9.61. The molecule has 0 spiro atoms. The molecule has 0 radical (unpaired) electrons. The van der Waals surface area contributed by atoms with E-state index in [1.54, 1.807) is 5.38 Å². The van der Waals surface area contributed by atoms with Crippen molar-refractivity contribution in [1.82, 2.24) is 9.88 Å². The first kappa shape index (κ1) is 13.8. The van der Waals surface area contributed by atoms with Crippen LogP contribution < -0.4 is 5.32 Å². The molecule has 1 unspecified atom stereocenters. The van der Waals surface area contributed by atoms with Gasteiger partial charge in [-0.1, -0.05) is 0 Å². The Hall–Kier alpha value is -1.64. The van der Waals surface area contributed by atoms with Gasteiger partial charge in [0.2, 0.25) is 11.8 Å². The van der Waals surface area contributed by atoms with Gasteiger partial charge < -0.3 is 10.2 Å². The topological polar surface area (TPSA) is 62.3 Å². The number of amides is 2. The Kier molecular flexibility index (Phi) is 3.74. The predicted molar refractivity (Wildman–Crippen MR) is 61.5 cm³/mol. The quantitative estimate of drug-likeness (QED) is 0.918. The second kappa shape index (κ2) is 5.16. The molecule has 2 amide bonds. The molecule has 9 heteroatoms. The number of anilines is 1. The van der Waals surface area contributed by atoms with Crippen molar-refractivity contribution in [3.05, 3.63) is 11.6 Å². The van der Waals surface area contributed by atoms with Crippen LogP contribution in [0, 0.1) is 5.92 Å². The van der Waals surface area contributed by atoms with Crippen molar-refractivity contribution in [2.24, 2.45) is 5.92 Å². The first-order valence-corrected chi connectivity index (χ1v) is 6.28. The highest BCUT2D eigenvalue weighted by Crippen LogP contribution is 2.25. The van der Waals surface area contributed by atoms with Crippen molar-refractivity contribution in [2.75, 3.05) is 18.4 Å². The largest absolute Gasteiger partial charge is 0.406 e. The van der Waals surface area contributed by atoms with Crippen molar-refractivity contribution in [2.45, 2.75) is 12.6 Å². The van der Waals surface area contributed by atoms with Gasteiger partial charge in [-0.3, -0.25) is 9.59 Å². The summed E-state index contributed by atoms with van der Waals surface area (Å²) >= 11 is 1.20. The Labute approximate surface area is 110 Å². The number of hydrogen-bond donors (Lipinski definition) is 1. The third kappa shape index (κ3) is 3.66. The van der Waals surface area contributed by atoms with Crippen LogP contribution in [0.4, 0.5) is 18.3 Å². The van der Waals surface area contributed by atoms with Crippen LogP contribution in [0.1, 0.15) is 6.42 Å². The van der Waals surface area contributed by atoms with Crippen LogP contribution >= 0.6 is 11.3 Å². The summed E-state index contributed by atoms with van der Waals surface area (Å²) in [7, 11) is 0. The molecular formula is C10H10F3N3O2S. The van der Waals surface area contributed by atoms with Gasteiger partial charge in [0.15, 0.2) is 5.13 Å². The van der Waals surface area contributed by atoms with Crippen LogP contribution in [0.15, 0.2) is 11.6 Å². The van der Waals surface area contributed by atoms with Crippen LogP contribution in [-0.2, 0) is 9.59 Å². The molecule has 0 aliphatic carbocycles. The van der Waals surface area contributed by atoms with Crippen LogP contribution in [0.5, 0.6) is 0 Å². The van der Waals surface area contributed by atoms with E-state index in [0.717, 1.165) is 0 Å². The third-order valence-electron chi connectivity index (χ3n) is 2.62. The molecule has 5 nitrogen and oxygen atoms in total. The monoisotopic (exact) mass is 293 g/mol. The summed E-state index contributed by atoms with van der Waals surface area (Å²) in [6.45, 7) is -1.53. The molecule has 2 rings (SSSR count). The normalized spacial score (nSPS) is 19.8. The van der Waals surface area contributed by atoms with Crippen LogP contribution in [0.2, 0.25) is 0 Å². The summed E-state index contributed by atoms with van der Waals surface area (Å²) in [6, 6.07) is 0. The number of hydrogen-bond acceptors (Lipinski definition) is 4. The highest BCUT2D eigenvalue weighted by atomic mass is 32.1. The maximum Gasteiger partial charge on any atom is 0.406 e. The Morgan fingerprint density at radius 2 is 2.32 bits per heavy atom. The number of halogens is 3. The molecule has 1 aromatic heterocycles. The number of thiazole rings is 1. The summed E-state index contributed by atoms with van der Waals surface area (Å²) in [6.07, 6.45) is -3.15. The van der Waals surface area contributed by atoms with E-state index in [-0.39, 0.29) is 13.0 Å². The number of nitrogens with zero attached hydrogens (tertiary/aromatic N) is 2. The minimum absolute atomic E-state index is 0.201. The zero-order valence-corrected chi connectivity index (χ0v) is 10.4.